The summed E-state index contributed by atoms with van der Waals surface area (Å²) in [7, 11) is -4.84. The van der Waals surface area contributed by atoms with E-state index in [0.29, 0.717) is 38.5 Å². The Morgan fingerprint density at radius 2 is 1.31 bits per heavy atom. The van der Waals surface area contributed by atoms with Crippen LogP contribution in [0.5, 0.6) is 0 Å². The molecular weight excluding hydrogens is 723 g/mol. The van der Waals surface area contributed by atoms with E-state index in [9.17, 15) is 29.2 Å². The molecule has 0 saturated heterocycles. The molecule has 1 saturated carbocycles. The van der Waals surface area contributed by atoms with Crippen molar-refractivity contribution in [2.45, 2.75) is 154 Å². The highest BCUT2D eigenvalue weighted by Crippen LogP contribution is 2.36. The van der Waals surface area contributed by atoms with Crippen LogP contribution < -0.4 is 0 Å². The molecule has 1 aliphatic carbocycles. The molecule has 5 atom stereocenters. The molecule has 312 valence electrons. The first-order valence-electron chi connectivity index (χ1n) is 20.3. The first-order chi connectivity index (χ1) is 26.5. The first kappa shape index (κ1) is 50.1. The van der Waals surface area contributed by atoms with Crippen molar-refractivity contribution in [3.8, 4) is 0 Å². The lowest BCUT2D eigenvalue weighted by Gasteiger charge is -2.18. The molecule has 0 radical (unpaired) electrons. The van der Waals surface area contributed by atoms with Gasteiger partial charge in [0.25, 0.3) is 0 Å². The Morgan fingerprint density at radius 3 is 1.91 bits per heavy atom. The summed E-state index contributed by atoms with van der Waals surface area (Å²) < 4.78 is 26.3. The summed E-state index contributed by atoms with van der Waals surface area (Å²) in [6, 6.07) is 0. The number of carbonyl (C=O) groups excluding carboxylic acids is 3. The van der Waals surface area contributed by atoms with Crippen molar-refractivity contribution in [2.75, 3.05) is 13.2 Å². The number of aliphatic hydroxyl groups is 2. The molecule has 0 bridgehead atoms. The van der Waals surface area contributed by atoms with Crippen LogP contribution in [-0.4, -0.2) is 69.2 Å². The normalized spacial score (nSPS) is 19.3. The van der Waals surface area contributed by atoms with Gasteiger partial charge in [-0.2, -0.15) is 0 Å². The number of Topliss-reactive ketones (excluding diaryl/α,β-unsaturated/α-hetero) is 1. The summed E-state index contributed by atoms with van der Waals surface area (Å²) >= 11 is 0. The minimum atomic E-state index is -4.84. The van der Waals surface area contributed by atoms with Gasteiger partial charge < -0.3 is 29.5 Å². The third-order valence-corrected chi connectivity index (χ3v) is 9.56. The highest BCUT2D eigenvalue weighted by Gasteiger charge is 2.39. The van der Waals surface area contributed by atoms with Crippen molar-refractivity contribution in [3.63, 3.8) is 0 Å². The number of ether oxygens (including phenoxy) is 2. The van der Waals surface area contributed by atoms with Crippen molar-refractivity contribution in [2.24, 2.45) is 11.8 Å². The van der Waals surface area contributed by atoms with Crippen LogP contribution in [0, 0.1) is 11.8 Å². The Bertz CT molecular complexity index is 1280. The fourth-order valence-electron chi connectivity index (χ4n) is 5.93. The molecule has 11 nitrogen and oxygen atoms in total. The van der Waals surface area contributed by atoms with E-state index >= 15 is 0 Å². The van der Waals surface area contributed by atoms with E-state index in [-0.39, 0.29) is 31.0 Å². The Hall–Kier alpha value is -2.92. The number of carbonyl (C=O) groups is 3. The van der Waals surface area contributed by atoms with Crippen molar-refractivity contribution in [1.82, 2.24) is 0 Å². The maximum absolute atomic E-state index is 12.5. The Morgan fingerprint density at radius 1 is 0.764 bits per heavy atom. The van der Waals surface area contributed by atoms with E-state index in [1.807, 2.05) is 24.3 Å². The lowest BCUT2D eigenvalue weighted by molar-refractivity contribution is -0.161. The molecule has 1 aliphatic rings. The van der Waals surface area contributed by atoms with E-state index in [0.717, 1.165) is 44.9 Å². The fourth-order valence-corrected chi connectivity index (χ4v) is 6.29. The summed E-state index contributed by atoms with van der Waals surface area (Å²) in [4.78, 5) is 55.4. The zero-order valence-electron chi connectivity index (χ0n) is 33.3. The van der Waals surface area contributed by atoms with Crippen molar-refractivity contribution >= 4 is 25.5 Å². The number of hydrogen-bond donors (Lipinski definition) is 4. The highest BCUT2D eigenvalue weighted by molar-refractivity contribution is 7.46. The molecule has 0 amide bonds. The monoisotopic (exact) mass is 792 g/mol. The molecule has 1 fully saturated rings. The SMILES string of the molecule is CCCCC/C=C\C/C=C\C/C=C\C/C=C\CCCC(=O)OC[C@H](COP(=O)(O)O)OC(=O)CCC/C=C\C[C@H]1[C@@H](O)CC(=O)[C@@H]1/C=C/[C@@H](O)CCCCC. The Balaban J connectivity index is 2.36. The lowest BCUT2D eigenvalue weighted by atomic mass is 9.90. The Kier molecular flexibility index (Phi) is 29.3. The number of phosphoric acid groups is 1. The number of unbranched alkanes of at least 4 members (excludes halogenated alkanes) is 7. The van der Waals surface area contributed by atoms with Crippen molar-refractivity contribution < 1.29 is 52.9 Å². The minimum absolute atomic E-state index is 0.00555. The third-order valence-electron chi connectivity index (χ3n) is 9.07. The number of aliphatic hydroxyl groups excluding tert-OH is 2. The summed E-state index contributed by atoms with van der Waals surface area (Å²) in [5, 5.41) is 20.6. The van der Waals surface area contributed by atoms with Crippen LogP contribution >= 0.6 is 7.82 Å². The molecule has 0 unspecified atom stereocenters. The van der Waals surface area contributed by atoms with Gasteiger partial charge in [0.15, 0.2) is 6.10 Å². The number of ketones is 1. The summed E-state index contributed by atoms with van der Waals surface area (Å²) in [5.41, 5.74) is 0. The number of phosphoric ester groups is 1. The lowest BCUT2D eigenvalue weighted by Crippen LogP contribution is -2.29. The van der Waals surface area contributed by atoms with Gasteiger partial charge in [0.05, 0.1) is 18.8 Å². The van der Waals surface area contributed by atoms with Crippen LogP contribution in [0.4, 0.5) is 0 Å². The molecule has 1 rings (SSSR count). The van der Waals surface area contributed by atoms with Gasteiger partial charge in [0.1, 0.15) is 12.4 Å². The summed E-state index contributed by atoms with van der Waals surface area (Å²) in [5.74, 6) is -1.94. The van der Waals surface area contributed by atoms with E-state index in [4.69, 9.17) is 19.3 Å². The van der Waals surface area contributed by atoms with E-state index < -0.39 is 57.2 Å². The quantitative estimate of drug-likeness (QED) is 0.0221. The second-order valence-electron chi connectivity index (χ2n) is 14.0. The molecule has 0 spiro atoms. The molecule has 0 aromatic carbocycles. The minimum Gasteiger partial charge on any atom is -0.462 e. The largest absolute Gasteiger partial charge is 0.469 e. The zero-order valence-corrected chi connectivity index (χ0v) is 34.2. The van der Waals surface area contributed by atoms with Gasteiger partial charge in [-0.25, -0.2) is 4.57 Å². The molecule has 55 heavy (non-hydrogen) atoms. The summed E-state index contributed by atoms with van der Waals surface area (Å²) in [6.07, 6.45) is 35.7. The molecule has 0 heterocycles. The smallest absolute Gasteiger partial charge is 0.462 e. The van der Waals surface area contributed by atoms with Crippen LogP contribution in [-0.2, 0) is 32.9 Å². The van der Waals surface area contributed by atoms with Gasteiger partial charge in [-0.05, 0) is 70.6 Å². The van der Waals surface area contributed by atoms with Gasteiger partial charge in [-0.1, -0.05) is 119 Å². The van der Waals surface area contributed by atoms with E-state index in [2.05, 4.69) is 54.8 Å². The number of allylic oxidation sites excluding steroid dienone is 11. The van der Waals surface area contributed by atoms with Gasteiger partial charge >= 0.3 is 19.8 Å². The van der Waals surface area contributed by atoms with Crippen LogP contribution in [0.2, 0.25) is 0 Å². The third kappa shape index (κ3) is 28.2. The number of esters is 2. The molecule has 0 aromatic heterocycles. The van der Waals surface area contributed by atoms with Crippen LogP contribution in [0.25, 0.3) is 0 Å². The first-order valence-corrected chi connectivity index (χ1v) is 21.9. The van der Waals surface area contributed by atoms with E-state index in [1.54, 1.807) is 12.2 Å². The van der Waals surface area contributed by atoms with Gasteiger partial charge in [-0.15, -0.1) is 0 Å². The maximum Gasteiger partial charge on any atom is 0.469 e. The molecule has 0 aromatic rings. The molecule has 4 N–H and O–H groups in total. The molecule has 12 heteroatoms. The van der Waals surface area contributed by atoms with Gasteiger partial charge in [0, 0.05) is 31.1 Å². The second-order valence-corrected chi connectivity index (χ2v) is 15.3. The highest BCUT2D eigenvalue weighted by atomic mass is 31.2. The molecule has 0 aliphatic heterocycles. The van der Waals surface area contributed by atoms with Gasteiger partial charge in [0.2, 0.25) is 0 Å². The average Bonchev–Trinajstić information content (AvgIpc) is 3.41. The fraction of sp³-hybridized carbons (Fsp3) is 0.651. The topological polar surface area (TPSA) is 177 Å². The van der Waals surface area contributed by atoms with Crippen LogP contribution in [0.15, 0.2) is 72.9 Å². The maximum atomic E-state index is 12.5. The predicted octanol–water partition coefficient (Wildman–Crippen LogP) is 8.88. The van der Waals surface area contributed by atoms with Crippen molar-refractivity contribution in [1.29, 1.82) is 0 Å². The van der Waals surface area contributed by atoms with Gasteiger partial charge in [-0.3, -0.25) is 18.9 Å². The second kappa shape index (κ2) is 32.2. The van der Waals surface area contributed by atoms with E-state index in [1.165, 1.54) is 19.3 Å². The molecular formula is C43H69O11P. The van der Waals surface area contributed by atoms with Crippen LogP contribution in [0.3, 0.4) is 0 Å². The number of rotatable bonds is 32. The number of hydrogen-bond acceptors (Lipinski definition) is 9. The van der Waals surface area contributed by atoms with Crippen molar-refractivity contribution in [3.05, 3.63) is 72.9 Å². The predicted molar refractivity (Wildman–Crippen MR) is 217 cm³/mol. The zero-order chi connectivity index (χ0) is 40.6. The average molecular weight is 793 g/mol. The van der Waals surface area contributed by atoms with Crippen LogP contribution in [0.1, 0.15) is 136 Å². The summed E-state index contributed by atoms with van der Waals surface area (Å²) in [6.45, 7) is 3.26. The Labute approximate surface area is 329 Å². The standard InChI is InChI=1S/C43H69O11P/c1-3-5-7-8-9-10-11-12-13-14-15-16-17-18-19-20-25-29-42(47)52-34-37(35-53-55(49,50)51)54-43(48)30-26-22-21-24-28-38-39(41(46)33-40(38)45)32-31-36(44)27-23-6-4-2/h9-10,12-13,15-16,18-19,21,24,31-32,36-40,44-45H,3-8,11,14,17,20,22-23,25-30,33-35H2,1-2H3,(H2,49,50,51)/b10-9-,13-12-,16-15-,19-18-,24-21-,32-31+/t36-,37+,38+,39+,40-/m0/s1.